The Morgan fingerprint density at radius 1 is 1.26 bits per heavy atom. The molecule has 0 bridgehead atoms. The van der Waals surface area contributed by atoms with Crippen LogP contribution in [0.3, 0.4) is 0 Å². The maximum Gasteiger partial charge on any atom is 0.258 e. The summed E-state index contributed by atoms with van der Waals surface area (Å²) in [6, 6.07) is 5.33. The molecule has 1 aromatic heterocycles. The van der Waals surface area contributed by atoms with Gasteiger partial charge in [0.15, 0.2) is 0 Å². The fourth-order valence-corrected chi connectivity index (χ4v) is 1.61. The van der Waals surface area contributed by atoms with Crippen LogP contribution in [0.2, 0.25) is 0 Å². The maximum atomic E-state index is 11.9. The zero-order valence-corrected chi connectivity index (χ0v) is 10.7. The Morgan fingerprint density at radius 3 is 2.68 bits per heavy atom. The van der Waals surface area contributed by atoms with E-state index in [0.29, 0.717) is 16.9 Å². The number of benzene rings is 1. The maximum absolute atomic E-state index is 11.9. The topological polar surface area (TPSA) is 86.9 Å². The van der Waals surface area contributed by atoms with Crippen molar-refractivity contribution in [2.75, 3.05) is 10.6 Å². The van der Waals surface area contributed by atoms with Crippen molar-refractivity contribution in [3.8, 4) is 0 Å². The van der Waals surface area contributed by atoms with Gasteiger partial charge in [-0.2, -0.15) is 5.10 Å². The number of aromatic amines is 1. The molecule has 0 unspecified atom stereocenters. The third-order valence-corrected chi connectivity index (χ3v) is 2.57. The number of hydrogen-bond acceptors (Lipinski definition) is 3. The highest BCUT2D eigenvalue weighted by Gasteiger charge is 2.09. The van der Waals surface area contributed by atoms with Crippen molar-refractivity contribution < 1.29 is 9.59 Å². The van der Waals surface area contributed by atoms with Crippen molar-refractivity contribution in [3.63, 3.8) is 0 Å². The SMILES string of the molecule is CC(=O)Nc1ccc(C)c(NC(=O)c2cn[nH]c2)c1. The summed E-state index contributed by atoms with van der Waals surface area (Å²) in [5, 5.41) is 11.7. The molecule has 2 amide bonds. The van der Waals surface area contributed by atoms with E-state index in [1.54, 1.807) is 12.1 Å². The number of amides is 2. The van der Waals surface area contributed by atoms with Crippen molar-refractivity contribution in [2.45, 2.75) is 13.8 Å². The number of nitrogens with one attached hydrogen (secondary N) is 3. The van der Waals surface area contributed by atoms with Crippen LogP contribution in [0.25, 0.3) is 0 Å². The molecule has 1 aromatic carbocycles. The van der Waals surface area contributed by atoms with Crippen LogP contribution in [0.4, 0.5) is 11.4 Å². The molecule has 2 rings (SSSR count). The number of nitrogens with zero attached hydrogens (tertiary/aromatic N) is 1. The second-order valence-corrected chi connectivity index (χ2v) is 4.15. The summed E-state index contributed by atoms with van der Waals surface area (Å²) in [6.07, 6.45) is 2.96. The number of carbonyl (C=O) groups is 2. The summed E-state index contributed by atoms with van der Waals surface area (Å²) in [4.78, 5) is 22.9. The van der Waals surface area contributed by atoms with E-state index in [0.717, 1.165) is 5.56 Å². The first kappa shape index (κ1) is 12.8. The van der Waals surface area contributed by atoms with Crippen molar-refractivity contribution in [3.05, 3.63) is 41.7 Å². The van der Waals surface area contributed by atoms with Gasteiger partial charge in [0, 0.05) is 24.5 Å². The Kier molecular flexibility index (Phi) is 3.61. The quantitative estimate of drug-likeness (QED) is 0.786. The van der Waals surface area contributed by atoms with Gasteiger partial charge in [-0.3, -0.25) is 14.7 Å². The monoisotopic (exact) mass is 258 g/mol. The normalized spacial score (nSPS) is 10.0. The molecular weight excluding hydrogens is 244 g/mol. The summed E-state index contributed by atoms with van der Waals surface area (Å²) < 4.78 is 0. The molecular formula is C13H14N4O2. The van der Waals surface area contributed by atoms with Crippen LogP contribution in [-0.4, -0.2) is 22.0 Å². The van der Waals surface area contributed by atoms with Gasteiger partial charge in [-0.1, -0.05) is 6.07 Å². The van der Waals surface area contributed by atoms with E-state index in [1.165, 1.54) is 19.3 Å². The Balaban J connectivity index is 2.19. The number of carbonyl (C=O) groups excluding carboxylic acids is 2. The lowest BCUT2D eigenvalue weighted by Crippen LogP contribution is -2.13. The first-order chi connectivity index (χ1) is 9.06. The lowest BCUT2D eigenvalue weighted by molar-refractivity contribution is -0.114. The third kappa shape index (κ3) is 3.19. The third-order valence-electron chi connectivity index (χ3n) is 2.57. The zero-order chi connectivity index (χ0) is 13.8. The summed E-state index contributed by atoms with van der Waals surface area (Å²) in [5.41, 5.74) is 2.65. The van der Waals surface area contributed by atoms with E-state index in [1.807, 2.05) is 13.0 Å². The second-order valence-electron chi connectivity index (χ2n) is 4.15. The molecule has 0 atom stereocenters. The highest BCUT2D eigenvalue weighted by atomic mass is 16.2. The van der Waals surface area contributed by atoms with E-state index >= 15 is 0 Å². The predicted molar refractivity (Wildman–Crippen MR) is 72.0 cm³/mol. The van der Waals surface area contributed by atoms with E-state index in [-0.39, 0.29) is 11.8 Å². The molecule has 0 spiro atoms. The molecule has 6 heteroatoms. The summed E-state index contributed by atoms with van der Waals surface area (Å²) in [6.45, 7) is 3.31. The standard InChI is InChI=1S/C13H14N4O2/c1-8-3-4-11(16-9(2)18)5-12(8)17-13(19)10-6-14-15-7-10/h3-7H,1-2H3,(H,14,15)(H,16,18)(H,17,19). The van der Waals surface area contributed by atoms with E-state index in [9.17, 15) is 9.59 Å². The van der Waals surface area contributed by atoms with E-state index in [4.69, 9.17) is 0 Å². The van der Waals surface area contributed by atoms with Gasteiger partial charge in [-0.15, -0.1) is 0 Å². The van der Waals surface area contributed by atoms with Gasteiger partial charge in [0.1, 0.15) is 0 Å². The molecule has 3 N–H and O–H groups in total. The number of H-pyrrole nitrogens is 1. The molecule has 0 aliphatic rings. The number of aryl methyl sites for hydroxylation is 1. The van der Waals surface area contributed by atoms with Crippen molar-refractivity contribution in [1.29, 1.82) is 0 Å². The summed E-state index contributed by atoms with van der Waals surface area (Å²) in [7, 11) is 0. The molecule has 0 radical (unpaired) electrons. The average Bonchev–Trinajstić information content (AvgIpc) is 2.86. The zero-order valence-electron chi connectivity index (χ0n) is 10.7. The van der Waals surface area contributed by atoms with Crippen LogP contribution in [0.1, 0.15) is 22.8 Å². The number of rotatable bonds is 3. The van der Waals surface area contributed by atoms with E-state index in [2.05, 4.69) is 20.8 Å². The minimum Gasteiger partial charge on any atom is -0.326 e. The van der Waals surface area contributed by atoms with E-state index < -0.39 is 0 Å². The number of aromatic nitrogens is 2. The molecule has 0 saturated heterocycles. The van der Waals surface area contributed by atoms with Crippen LogP contribution in [0.15, 0.2) is 30.6 Å². The lowest BCUT2D eigenvalue weighted by Gasteiger charge is -2.10. The van der Waals surface area contributed by atoms with Crippen LogP contribution in [0, 0.1) is 6.92 Å². The minimum absolute atomic E-state index is 0.157. The van der Waals surface area contributed by atoms with Gasteiger partial charge in [0.25, 0.3) is 5.91 Å². The summed E-state index contributed by atoms with van der Waals surface area (Å²) in [5.74, 6) is -0.409. The highest BCUT2D eigenvalue weighted by Crippen LogP contribution is 2.20. The van der Waals surface area contributed by atoms with Gasteiger partial charge in [0.05, 0.1) is 11.8 Å². The highest BCUT2D eigenvalue weighted by molar-refractivity contribution is 6.04. The minimum atomic E-state index is -0.253. The van der Waals surface area contributed by atoms with Gasteiger partial charge in [-0.05, 0) is 24.6 Å². The average molecular weight is 258 g/mol. The van der Waals surface area contributed by atoms with Crippen LogP contribution < -0.4 is 10.6 Å². The lowest BCUT2D eigenvalue weighted by atomic mass is 10.1. The molecule has 0 aliphatic carbocycles. The molecule has 1 heterocycles. The molecule has 0 saturated carbocycles. The Morgan fingerprint density at radius 2 is 2.05 bits per heavy atom. The predicted octanol–water partition coefficient (Wildman–Crippen LogP) is 1.93. The molecule has 0 fully saturated rings. The first-order valence-corrected chi connectivity index (χ1v) is 5.74. The second kappa shape index (κ2) is 5.34. The fourth-order valence-electron chi connectivity index (χ4n) is 1.61. The molecule has 6 nitrogen and oxygen atoms in total. The smallest absolute Gasteiger partial charge is 0.258 e. The Hall–Kier alpha value is -2.63. The van der Waals surface area contributed by atoms with Gasteiger partial charge < -0.3 is 10.6 Å². The van der Waals surface area contributed by atoms with Gasteiger partial charge in [0.2, 0.25) is 5.91 Å². The van der Waals surface area contributed by atoms with Crippen LogP contribution in [0.5, 0.6) is 0 Å². The fraction of sp³-hybridized carbons (Fsp3) is 0.154. The summed E-state index contributed by atoms with van der Waals surface area (Å²) >= 11 is 0. The number of anilines is 2. The van der Waals surface area contributed by atoms with Gasteiger partial charge in [-0.25, -0.2) is 0 Å². The molecule has 0 aliphatic heterocycles. The van der Waals surface area contributed by atoms with Crippen LogP contribution >= 0.6 is 0 Å². The Bertz CT molecular complexity index is 605. The Labute approximate surface area is 110 Å². The largest absolute Gasteiger partial charge is 0.326 e. The molecule has 19 heavy (non-hydrogen) atoms. The first-order valence-electron chi connectivity index (χ1n) is 5.74. The van der Waals surface area contributed by atoms with Crippen molar-refractivity contribution in [2.24, 2.45) is 0 Å². The molecule has 98 valence electrons. The number of hydrogen-bond donors (Lipinski definition) is 3. The van der Waals surface area contributed by atoms with Crippen LogP contribution in [-0.2, 0) is 4.79 Å². The van der Waals surface area contributed by atoms with Gasteiger partial charge >= 0.3 is 0 Å². The molecule has 2 aromatic rings. The van der Waals surface area contributed by atoms with Crippen molar-refractivity contribution >= 4 is 23.2 Å². The van der Waals surface area contributed by atoms with Crippen molar-refractivity contribution in [1.82, 2.24) is 10.2 Å².